The topological polar surface area (TPSA) is 38.2 Å². The standard InChI is InChI=1S/C9H13ClFN3O/c1-3-4-15-6-14(2)8-7(11)5-12-9(10)13-8/h5H,3-4,6H2,1-2H3. The largest absolute Gasteiger partial charge is 0.361 e. The van der Waals surface area contributed by atoms with E-state index in [1.807, 2.05) is 6.92 Å². The first-order valence-corrected chi connectivity index (χ1v) is 5.00. The van der Waals surface area contributed by atoms with E-state index in [-0.39, 0.29) is 17.8 Å². The van der Waals surface area contributed by atoms with Crippen molar-refractivity contribution in [3.63, 3.8) is 0 Å². The highest BCUT2D eigenvalue weighted by Gasteiger charge is 2.10. The summed E-state index contributed by atoms with van der Waals surface area (Å²) < 4.78 is 18.5. The lowest BCUT2D eigenvalue weighted by Gasteiger charge is -2.18. The summed E-state index contributed by atoms with van der Waals surface area (Å²) in [7, 11) is 1.68. The molecule has 0 saturated carbocycles. The first kappa shape index (κ1) is 12.1. The third-order valence-electron chi connectivity index (χ3n) is 1.69. The van der Waals surface area contributed by atoms with Crippen molar-refractivity contribution in [1.82, 2.24) is 9.97 Å². The summed E-state index contributed by atoms with van der Waals surface area (Å²) in [4.78, 5) is 8.85. The summed E-state index contributed by atoms with van der Waals surface area (Å²) in [6.45, 7) is 2.91. The molecule has 0 unspecified atom stereocenters. The van der Waals surface area contributed by atoms with E-state index in [2.05, 4.69) is 9.97 Å². The minimum atomic E-state index is -0.512. The molecule has 6 heteroatoms. The molecule has 0 saturated heterocycles. The monoisotopic (exact) mass is 233 g/mol. The zero-order valence-electron chi connectivity index (χ0n) is 8.70. The number of ether oxygens (including phenoxy) is 1. The molecule has 1 aromatic heterocycles. The van der Waals surface area contributed by atoms with Crippen molar-refractivity contribution in [2.24, 2.45) is 0 Å². The highest BCUT2D eigenvalue weighted by atomic mass is 35.5. The molecule has 0 atom stereocenters. The van der Waals surface area contributed by atoms with Gasteiger partial charge in [-0.1, -0.05) is 6.92 Å². The molecular weight excluding hydrogens is 221 g/mol. The van der Waals surface area contributed by atoms with Crippen LogP contribution in [0.1, 0.15) is 13.3 Å². The molecule has 0 aliphatic heterocycles. The van der Waals surface area contributed by atoms with Crippen LogP contribution in [0.15, 0.2) is 6.20 Å². The Hall–Kier alpha value is -0.940. The van der Waals surface area contributed by atoms with Crippen LogP contribution in [-0.2, 0) is 4.74 Å². The summed E-state index contributed by atoms with van der Waals surface area (Å²) in [5.74, 6) is -0.367. The maximum atomic E-state index is 13.2. The van der Waals surface area contributed by atoms with Crippen LogP contribution >= 0.6 is 11.6 Å². The first-order valence-electron chi connectivity index (χ1n) is 4.62. The minimum Gasteiger partial charge on any atom is -0.361 e. The second-order valence-corrected chi connectivity index (χ2v) is 3.38. The molecule has 0 aromatic carbocycles. The lowest BCUT2D eigenvalue weighted by atomic mass is 10.5. The summed E-state index contributed by atoms with van der Waals surface area (Å²) >= 11 is 5.57. The van der Waals surface area contributed by atoms with Gasteiger partial charge in [-0.3, -0.25) is 0 Å². The van der Waals surface area contributed by atoms with Gasteiger partial charge in [-0.05, 0) is 18.0 Å². The average molecular weight is 234 g/mol. The van der Waals surface area contributed by atoms with Gasteiger partial charge in [0, 0.05) is 13.7 Å². The number of rotatable bonds is 5. The van der Waals surface area contributed by atoms with Crippen LogP contribution in [0.5, 0.6) is 0 Å². The van der Waals surface area contributed by atoms with Gasteiger partial charge in [0.15, 0.2) is 11.6 Å². The summed E-state index contributed by atoms with van der Waals surface area (Å²) in [6, 6.07) is 0. The summed E-state index contributed by atoms with van der Waals surface area (Å²) in [6.07, 6.45) is 1.96. The van der Waals surface area contributed by atoms with E-state index in [0.29, 0.717) is 6.61 Å². The smallest absolute Gasteiger partial charge is 0.224 e. The van der Waals surface area contributed by atoms with Gasteiger partial charge in [0.25, 0.3) is 0 Å². The fourth-order valence-electron chi connectivity index (χ4n) is 1.01. The van der Waals surface area contributed by atoms with Gasteiger partial charge in [0.2, 0.25) is 5.28 Å². The van der Waals surface area contributed by atoms with Gasteiger partial charge >= 0.3 is 0 Å². The van der Waals surface area contributed by atoms with Crippen LogP contribution in [-0.4, -0.2) is 30.4 Å². The molecule has 84 valence electrons. The van der Waals surface area contributed by atoms with Gasteiger partial charge in [0.1, 0.15) is 6.73 Å². The molecule has 0 spiro atoms. The predicted molar refractivity (Wildman–Crippen MR) is 56.5 cm³/mol. The quantitative estimate of drug-likeness (QED) is 0.444. The highest BCUT2D eigenvalue weighted by molar-refractivity contribution is 6.28. The number of halogens is 2. The van der Waals surface area contributed by atoms with Crippen LogP contribution in [0.3, 0.4) is 0 Å². The van der Waals surface area contributed by atoms with Crippen LogP contribution < -0.4 is 4.90 Å². The molecular formula is C9H13ClFN3O. The van der Waals surface area contributed by atoms with Crippen molar-refractivity contribution in [2.75, 3.05) is 25.3 Å². The molecule has 15 heavy (non-hydrogen) atoms. The third kappa shape index (κ3) is 3.60. The van der Waals surface area contributed by atoms with Crippen LogP contribution in [0.2, 0.25) is 5.28 Å². The molecule has 0 aliphatic carbocycles. The van der Waals surface area contributed by atoms with Gasteiger partial charge in [-0.2, -0.15) is 4.98 Å². The molecule has 0 N–H and O–H groups in total. The molecule has 0 fully saturated rings. The molecule has 1 heterocycles. The Kier molecular flexibility index (Phi) is 4.71. The molecule has 1 aromatic rings. The molecule has 1 rings (SSSR count). The van der Waals surface area contributed by atoms with Gasteiger partial charge in [-0.15, -0.1) is 0 Å². The Labute approximate surface area is 93.0 Å². The van der Waals surface area contributed by atoms with Crippen molar-refractivity contribution in [1.29, 1.82) is 0 Å². The number of aromatic nitrogens is 2. The minimum absolute atomic E-state index is 0.0220. The van der Waals surface area contributed by atoms with E-state index >= 15 is 0 Å². The van der Waals surface area contributed by atoms with E-state index in [4.69, 9.17) is 16.3 Å². The molecule has 0 amide bonds. The van der Waals surface area contributed by atoms with Crippen LogP contribution in [0, 0.1) is 5.82 Å². The fraction of sp³-hybridized carbons (Fsp3) is 0.556. The lowest BCUT2D eigenvalue weighted by molar-refractivity contribution is 0.137. The van der Waals surface area contributed by atoms with Gasteiger partial charge < -0.3 is 9.64 Å². The molecule has 4 nitrogen and oxygen atoms in total. The third-order valence-corrected chi connectivity index (χ3v) is 1.87. The van der Waals surface area contributed by atoms with Crippen LogP contribution in [0.25, 0.3) is 0 Å². The average Bonchev–Trinajstić information content (AvgIpc) is 2.22. The zero-order chi connectivity index (χ0) is 11.3. The van der Waals surface area contributed by atoms with E-state index in [0.717, 1.165) is 12.6 Å². The fourth-order valence-corrected chi connectivity index (χ4v) is 1.14. The van der Waals surface area contributed by atoms with Crippen molar-refractivity contribution >= 4 is 17.4 Å². The molecule has 0 bridgehead atoms. The van der Waals surface area contributed by atoms with E-state index in [9.17, 15) is 4.39 Å². The Bertz CT molecular complexity index is 324. The predicted octanol–water partition coefficient (Wildman–Crippen LogP) is 2.09. The Morgan fingerprint density at radius 3 is 3.00 bits per heavy atom. The van der Waals surface area contributed by atoms with Crippen molar-refractivity contribution in [2.45, 2.75) is 13.3 Å². The Morgan fingerprint density at radius 2 is 2.33 bits per heavy atom. The normalized spacial score (nSPS) is 10.4. The lowest BCUT2D eigenvalue weighted by Crippen LogP contribution is -2.23. The summed E-state index contributed by atoms with van der Waals surface area (Å²) in [5.41, 5.74) is 0. The Balaban J connectivity index is 2.64. The van der Waals surface area contributed by atoms with Crippen molar-refractivity contribution in [3.05, 3.63) is 17.3 Å². The zero-order valence-corrected chi connectivity index (χ0v) is 9.46. The number of hydrogen-bond acceptors (Lipinski definition) is 4. The van der Waals surface area contributed by atoms with Gasteiger partial charge in [0.05, 0.1) is 6.20 Å². The number of nitrogens with zero attached hydrogens (tertiary/aromatic N) is 3. The first-order chi connectivity index (χ1) is 7.15. The van der Waals surface area contributed by atoms with E-state index in [1.54, 1.807) is 11.9 Å². The number of anilines is 1. The molecule has 0 radical (unpaired) electrons. The second kappa shape index (κ2) is 5.82. The maximum absolute atomic E-state index is 13.2. The van der Waals surface area contributed by atoms with Gasteiger partial charge in [-0.25, -0.2) is 9.37 Å². The van der Waals surface area contributed by atoms with E-state index < -0.39 is 5.82 Å². The van der Waals surface area contributed by atoms with Crippen LogP contribution in [0.4, 0.5) is 10.2 Å². The number of hydrogen-bond donors (Lipinski definition) is 0. The van der Waals surface area contributed by atoms with Crippen molar-refractivity contribution < 1.29 is 9.13 Å². The SMILES string of the molecule is CCCOCN(C)c1nc(Cl)ncc1F. The maximum Gasteiger partial charge on any atom is 0.224 e. The second-order valence-electron chi connectivity index (χ2n) is 3.05. The highest BCUT2D eigenvalue weighted by Crippen LogP contribution is 2.15. The van der Waals surface area contributed by atoms with E-state index in [1.165, 1.54) is 0 Å². The summed E-state index contributed by atoms with van der Waals surface area (Å²) in [5, 5.41) is 0.0220. The van der Waals surface area contributed by atoms with Crippen molar-refractivity contribution in [3.8, 4) is 0 Å². The Morgan fingerprint density at radius 1 is 1.60 bits per heavy atom. The molecule has 0 aliphatic rings.